The van der Waals surface area contributed by atoms with Crippen LogP contribution >= 0.6 is 0 Å². The number of benzene rings is 1. The lowest BCUT2D eigenvalue weighted by Gasteiger charge is -2.09. The van der Waals surface area contributed by atoms with Crippen molar-refractivity contribution in [1.29, 1.82) is 0 Å². The van der Waals surface area contributed by atoms with Gasteiger partial charge >= 0.3 is 0 Å². The molecule has 0 saturated heterocycles. The number of aryl methyl sites for hydroxylation is 2. The molecule has 27 heavy (non-hydrogen) atoms. The van der Waals surface area contributed by atoms with Gasteiger partial charge in [0.2, 0.25) is 5.78 Å². The van der Waals surface area contributed by atoms with Crippen molar-refractivity contribution in [3.05, 3.63) is 81.7 Å². The van der Waals surface area contributed by atoms with Gasteiger partial charge in [0, 0.05) is 49.5 Å². The molecule has 138 valence electrons. The number of carbonyl (C=O) groups is 1. The molecule has 3 rings (SSSR count). The number of nitro groups is 1. The van der Waals surface area contributed by atoms with Crippen molar-refractivity contribution in [2.24, 2.45) is 7.05 Å². The maximum absolute atomic E-state index is 12.5. The van der Waals surface area contributed by atoms with E-state index in [0.717, 1.165) is 11.3 Å². The van der Waals surface area contributed by atoms with E-state index in [1.807, 2.05) is 19.1 Å². The predicted molar refractivity (Wildman–Crippen MR) is 101 cm³/mol. The van der Waals surface area contributed by atoms with E-state index in [4.69, 9.17) is 0 Å². The second kappa shape index (κ2) is 7.77. The van der Waals surface area contributed by atoms with Gasteiger partial charge in [-0.2, -0.15) is 0 Å². The van der Waals surface area contributed by atoms with Gasteiger partial charge in [0.25, 0.3) is 5.69 Å². The molecule has 2 aromatic heterocycles. The highest BCUT2D eigenvalue weighted by molar-refractivity contribution is 6.07. The molecule has 8 nitrogen and oxygen atoms in total. The minimum absolute atomic E-state index is 0.142. The monoisotopic (exact) mass is 365 g/mol. The first-order valence-corrected chi connectivity index (χ1v) is 8.41. The number of nitro benzene ring substituents is 1. The molecule has 0 aliphatic heterocycles. The van der Waals surface area contributed by atoms with Crippen LogP contribution < -0.4 is 5.32 Å². The zero-order valence-electron chi connectivity index (χ0n) is 15.0. The van der Waals surface area contributed by atoms with Crippen LogP contribution in [0.5, 0.6) is 0 Å². The van der Waals surface area contributed by atoms with Gasteiger partial charge in [0.1, 0.15) is 5.69 Å². The summed E-state index contributed by atoms with van der Waals surface area (Å²) < 4.78 is 1.58. The summed E-state index contributed by atoms with van der Waals surface area (Å²) in [5.74, 6) is -0.125. The first kappa shape index (κ1) is 18.2. The van der Waals surface area contributed by atoms with Gasteiger partial charge in [-0.05, 0) is 37.1 Å². The van der Waals surface area contributed by atoms with E-state index in [1.165, 1.54) is 12.3 Å². The first-order valence-electron chi connectivity index (χ1n) is 8.41. The Hall–Kier alpha value is -3.55. The molecule has 1 aromatic carbocycles. The number of hydrogen-bond acceptors (Lipinski definition) is 6. The molecule has 0 bridgehead atoms. The molecule has 0 saturated carbocycles. The summed E-state index contributed by atoms with van der Waals surface area (Å²) >= 11 is 0. The minimum atomic E-state index is -0.495. The van der Waals surface area contributed by atoms with E-state index in [9.17, 15) is 14.9 Å². The van der Waals surface area contributed by atoms with Gasteiger partial charge in [-0.25, -0.2) is 4.98 Å². The van der Waals surface area contributed by atoms with E-state index < -0.39 is 4.92 Å². The van der Waals surface area contributed by atoms with Crippen molar-refractivity contribution in [1.82, 2.24) is 14.5 Å². The number of anilines is 1. The number of ketones is 1. The maximum Gasteiger partial charge on any atom is 0.293 e. The zero-order chi connectivity index (χ0) is 19.4. The summed E-state index contributed by atoms with van der Waals surface area (Å²) in [7, 11) is 1.70. The average Bonchev–Trinajstić information content (AvgIpc) is 3.08. The van der Waals surface area contributed by atoms with Crippen LogP contribution in [0.2, 0.25) is 0 Å². The van der Waals surface area contributed by atoms with E-state index in [0.29, 0.717) is 18.7 Å². The summed E-state index contributed by atoms with van der Waals surface area (Å²) in [6.07, 6.45) is 5.63. The Morgan fingerprint density at radius 3 is 2.70 bits per heavy atom. The predicted octanol–water partition coefficient (Wildman–Crippen LogP) is 2.92. The SMILES string of the molecule is Cc1ccc(CCNc2ccc(C(=O)c3nccn3C)cc2[N+](=O)[O-])cn1. The van der Waals surface area contributed by atoms with Crippen LogP contribution in [-0.4, -0.2) is 31.8 Å². The van der Waals surface area contributed by atoms with E-state index in [2.05, 4.69) is 15.3 Å². The smallest absolute Gasteiger partial charge is 0.293 e. The Kier molecular flexibility index (Phi) is 5.25. The zero-order valence-corrected chi connectivity index (χ0v) is 15.0. The van der Waals surface area contributed by atoms with Crippen LogP contribution in [-0.2, 0) is 13.5 Å². The van der Waals surface area contributed by atoms with Crippen LogP contribution in [0.1, 0.15) is 27.4 Å². The van der Waals surface area contributed by atoms with Crippen LogP contribution in [0, 0.1) is 17.0 Å². The summed E-state index contributed by atoms with van der Waals surface area (Å²) in [5.41, 5.74) is 2.44. The second-order valence-corrected chi connectivity index (χ2v) is 6.16. The normalized spacial score (nSPS) is 10.6. The fourth-order valence-corrected chi connectivity index (χ4v) is 2.67. The van der Waals surface area contributed by atoms with E-state index in [1.54, 1.807) is 36.1 Å². The maximum atomic E-state index is 12.5. The fraction of sp³-hybridized carbons (Fsp3) is 0.211. The number of nitrogens with one attached hydrogen (secondary N) is 1. The highest BCUT2D eigenvalue weighted by Gasteiger charge is 2.20. The van der Waals surface area contributed by atoms with Gasteiger partial charge < -0.3 is 9.88 Å². The van der Waals surface area contributed by atoms with Crippen molar-refractivity contribution >= 4 is 17.2 Å². The van der Waals surface area contributed by atoms with Gasteiger partial charge in [-0.1, -0.05) is 6.07 Å². The molecule has 3 aromatic rings. The van der Waals surface area contributed by atoms with Crippen LogP contribution in [0.4, 0.5) is 11.4 Å². The van der Waals surface area contributed by atoms with Crippen molar-refractivity contribution in [3.8, 4) is 0 Å². The Labute approximate surface area is 156 Å². The molecule has 0 fully saturated rings. The minimum Gasteiger partial charge on any atom is -0.379 e. The Balaban J connectivity index is 1.75. The molecule has 0 amide bonds. The molecule has 2 heterocycles. The molecule has 1 N–H and O–H groups in total. The molecule has 0 spiro atoms. The third-order valence-electron chi connectivity index (χ3n) is 4.18. The lowest BCUT2D eigenvalue weighted by molar-refractivity contribution is -0.384. The Morgan fingerprint density at radius 2 is 2.07 bits per heavy atom. The molecular formula is C19H19N5O3. The van der Waals surface area contributed by atoms with Crippen molar-refractivity contribution < 1.29 is 9.72 Å². The van der Waals surface area contributed by atoms with Gasteiger partial charge in [0.15, 0.2) is 5.82 Å². The van der Waals surface area contributed by atoms with Gasteiger partial charge in [-0.3, -0.25) is 19.9 Å². The molecule has 0 aliphatic rings. The van der Waals surface area contributed by atoms with Gasteiger partial charge in [-0.15, -0.1) is 0 Å². The fourth-order valence-electron chi connectivity index (χ4n) is 2.67. The molecule has 0 radical (unpaired) electrons. The van der Waals surface area contributed by atoms with E-state index >= 15 is 0 Å². The largest absolute Gasteiger partial charge is 0.379 e. The number of pyridine rings is 1. The Morgan fingerprint density at radius 1 is 1.26 bits per heavy atom. The third-order valence-corrected chi connectivity index (χ3v) is 4.18. The average molecular weight is 365 g/mol. The van der Waals surface area contributed by atoms with Crippen molar-refractivity contribution in [2.45, 2.75) is 13.3 Å². The summed E-state index contributed by atoms with van der Waals surface area (Å²) in [6, 6.07) is 8.32. The van der Waals surface area contributed by atoms with Crippen LogP contribution in [0.25, 0.3) is 0 Å². The molecule has 0 unspecified atom stereocenters. The number of rotatable bonds is 7. The first-order chi connectivity index (χ1) is 13.0. The summed E-state index contributed by atoms with van der Waals surface area (Å²) in [5, 5.41) is 14.5. The van der Waals surface area contributed by atoms with Crippen LogP contribution in [0.15, 0.2) is 48.9 Å². The lowest BCUT2D eigenvalue weighted by atomic mass is 10.1. The van der Waals surface area contributed by atoms with Gasteiger partial charge in [0.05, 0.1) is 4.92 Å². The summed E-state index contributed by atoms with van der Waals surface area (Å²) in [4.78, 5) is 31.7. The number of aromatic nitrogens is 3. The van der Waals surface area contributed by atoms with Crippen LogP contribution in [0.3, 0.4) is 0 Å². The number of hydrogen-bond donors (Lipinski definition) is 1. The molecular weight excluding hydrogens is 346 g/mol. The Bertz CT molecular complexity index is 979. The number of nitrogens with zero attached hydrogens (tertiary/aromatic N) is 4. The highest BCUT2D eigenvalue weighted by atomic mass is 16.6. The number of carbonyl (C=O) groups excluding carboxylic acids is 1. The molecule has 0 atom stereocenters. The lowest BCUT2D eigenvalue weighted by Crippen LogP contribution is -2.11. The summed E-state index contributed by atoms with van der Waals surface area (Å²) in [6.45, 7) is 2.43. The highest BCUT2D eigenvalue weighted by Crippen LogP contribution is 2.26. The topological polar surface area (TPSA) is 103 Å². The number of imidazole rings is 1. The molecule has 0 aliphatic carbocycles. The van der Waals surface area contributed by atoms with E-state index in [-0.39, 0.29) is 22.9 Å². The second-order valence-electron chi connectivity index (χ2n) is 6.16. The quantitative estimate of drug-likeness (QED) is 0.392. The van der Waals surface area contributed by atoms with Crippen molar-refractivity contribution in [2.75, 3.05) is 11.9 Å². The third kappa shape index (κ3) is 4.17. The standard InChI is InChI=1S/C19H19N5O3/c1-13-3-4-14(12-22-13)7-8-20-16-6-5-15(11-17(16)24(26)27)18(25)19-21-9-10-23(19)2/h3-6,9-12,20H,7-8H2,1-2H3. The van der Waals surface area contributed by atoms with Crippen molar-refractivity contribution in [3.63, 3.8) is 0 Å². The molecule has 8 heteroatoms.